The van der Waals surface area contributed by atoms with Crippen molar-refractivity contribution in [3.63, 3.8) is 0 Å². The molecule has 0 unspecified atom stereocenters. The van der Waals surface area contributed by atoms with Gasteiger partial charge in [-0.1, -0.05) is 87.6 Å². The first-order valence-electron chi connectivity index (χ1n) is 8.82. The molecule has 0 aliphatic carbocycles. The predicted octanol–water partition coefficient (Wildman–Crippen LogP) is 5.91. The fourth-order valence-electron chi connectivity index (χ4n) is 2.54. The smallest absolute Gasteiger partial charge is 0.132 e. The minimum Gasteiger partial charge on any atom is -0.340 e. The SMILES string of the molecule is CCCCCCCCN=C(Nc1ccccc1)c1ccccc1. The van der Waals surface area contributed by atoms with Crippen LogP contribution in [-0.4, -0.2) is 12.4 Å². The topological polar surface area (TPSA) is 24.4 Å². The summed E-state index contributed by atoms with van der Waals surface area (Å²) in [5.74, 6) is 0.963. The Hall–Kier alpha value is -2.09. The van der Waals surface area contributed by atoms with Crippen molar-refractivity contribution in [1.29, 1.82) is 0 Å². The lowest BCUT2D eigenvalue weighted by Crippen LogP contribution is -2.14. The highest BCUT2D eigenvalue weighted by molar-refractivity contribution is 6.08. The van der Waals surface area contributed by atoms with E-state index in [1.807, 2.05) is 24.3 Å². The Bertz CT molecular complexity index is 561. The number of hydrogen-bond acceptors (Lipinski definition) is 1. The third-order valence-corrected chi connectivity index (χ3v) is 3.87. The van der Waals surface area contributed by atoms with E-state index in [1.54, 1.807) is 0 Å². The molecule has 0 spiro atoms. The number of hydrogen-bond donors (Lipinski definition) is 1. The molecular weight excluding hydrogens is 280 g/mol. The molecule has 0 amide bonds. The number of nitrogens with zero attached hydrogens (tertiary/aromatic N) is 1. The highest BCUT2D eigenvalue weighted by Crippen LogP contribution is 2.10. The van der Waals surface area contributed by atoms with Crippen LogP contribution in [0.3, 0.4) is 0 Å². The van der Waals surface area contributed by atoms with Crippen LogP contribution in [0.25, 0.3) is 0 Å². The van der Waals surface area contributed by atoms with E-state index in [-0.39, 0.29) is 0 Å². The molecule has 0 fully saturated rings. The van der Waals surface area contributed by atoms with Crippen molar-refractivity contribution in [2.24, 2.45) is 4.99 Å². The maximum Gasteiger partial charge on any atom is 0.132 e. The summed E-state index contributed by atoms with van der Waals surface area (Å²) in [7, 11) is 0. The summed E-state index contributed by atoms with van der Waals surface area (Å²) in [6, 6.07) is 20.6. The van der Waals surface area contributed by atoms with Gasteiger partial charge < -0.3 is 5.32 Å². The molecule has 0 saturated carbocycles. The average Bonchev–Trinajstić information content (AvgIpc) is 2.61. The van der Waals surface area contributed by atoms with E-state index in [0.717, 1.165) is 30.1 Å². The molecule has 0 aliphatic heterocycles. The molecule has 0 bridgehead atoms. The highest BCUT2D eigenvalue weighted by Gasteiger charge is 2.03. The first kappa shape index (κ1) is 17.3. The van der Waals surface area contributed by atoms with Crippen LogP contribution in [0.4, 0.5) is 5.69 Å². The standard InChI is InChI=1S/C21H28N2/c1-2-3-4-5-6-13-18-22-21(19-14-9-7-10-15-19)23-20-16-11-8-12-17-20/h7-12,14-17H,2-6,13,18H2,1H3,(H,22,23). The van der Waals surface area contributed by atoms with Gasteiger partial charge in [-0.2, -0.15) is 0 Å². The Kier molecular flexibility index (Phi) is 7.96. The molecule has 2 heteroatoms. The molecule has 2 aromatic rings. The van der Waals surface area contributed by atoms with Gasteiger partial charge in [0.1, 0.15) is 5.84 Å². The summed E-state index contributed by atoms with van der Waals surface area (Å²) < 4.78 is 0. The van der Waals surface area contributed by atoms with Crippen LogP contribution in [0, 0.1) is 0 Å². The summed E-state index contributed by atoms with van der Waals surface area (Å²) in [6.45, 7) is 3.14. The lowest BCUT2D eigenvalue weighted by molar-refractivity contribution is 0.612. The van der Waals surface area contributed by atoms with Crippen LogP contribution in [-0.2, 0) is 0 Å². The van der Waals surface area contributed by atoms with E-state index in [9.17, 15) is 0 Å². The number of anilines is 1. The van der Waals surface area contributed by atoms with Crippen LogP contribution in [0.5, 0.6) is 0 Å². The van der Waals surface area contributed by atoms with Crippen molar-refractivity contribution in [1.82, 2.24) is 0 Å². The summed E-state index contributed by atoms with van der Waals surface area (Å²) in [6.07, 6.45) is 7.78. The van der Waals surface area contributed by atoms with Gasteiger partial charge in [0.2, 0.25) is 0 Å². The van der Waals surface area contributed by atoms with Gasteiger partial charge in [-0.15, -0.1) is 0 Å². The quantitative estimate of drug-likeness (QED) is 0.348. The van der Waals surface area contributed by atoms with Crippen LogP contribution < -0.4 is 5.32 Å². The molecule has 2 aromatic carbocycles. The number of unbranched alkanes of at least 4 members (excludes halogenated alkanes) is 5. The molecule has 0 heterocycles. The van der Waals surface area contributed by atoms with Gasteiger partial charge in [0, 0.05) is 17.8 Å². The van der Waals surface area contributed by atoms with Gasteiger partial charge in [-0.25, -0.2) is 0 Å². The Balaban J connectivity index is 1.92. The van der Waals surface area contributed by atoms with E-state index in [4.69, 9.17) is 4.99 Å². The molecule has 0 atom stereocenters. The van der Waals surface area contributed by atoms with Crippen molar-refractivity contribution in [2.45, 2.75) is 45.4 Å². The largest absolute Gasteiger partial charge is 0.340 e. The number of benzene rings is 2. The molecule has 2 nitrogen and oxygen atoms in total. The summed E-state index contributed by atoms with van der Waals surface area (Å²) in [5.41, 5.74) is 2.22. The van der Waals surface area contributed by atoms with E-state index in [1.165, 1.54) is 32.1 Å². The second-order valence-electron chi connectivity index (χ2n) is 5.86. The molecular formula is C21H28N2. The van der Waals surface area contributed by atoms with E-state index in [0.29, 0.717) is 0 Å². The number of para-hydroxylation sites is 1. The van der Waals surface area contributed by atoms with E-state index < -0.39 is 0 Å². The average molecular weight is 308 g/mol. The van der Waals surface area contributed by atoms with Gasteiger partial charge in [0.15, 0.2) is 0 Å². The third kappa shape index (κ3) is 6.68. The molecule has 0 aliphatic rings. The van der Waals surface area contributed by atoms with E-state index >= 15 is 0 Å². The number of nitrogens with one attached hydrogen (secondary N) is 1. The highest BCUT2D eigenvalue weighted by atomic mass is 15.0. The molecule has 0 radical (unpaired) electrons. The first-order valence-corrected chi connectivity index (χ1v) is 8.82. The monoisotopic (exact) mass is 308 g/mol. The van der Waals surface area contributed by atoms with Crippen molar-refractivity contribution in [3.05, 3.63) is 66.2 Å². The molecule has 0 saturated heterocycles. The van der Waals surface area contributed by atoms with Gasteiger partial charge in [0.25, 0.3) is 0 Å². The summed E-state index contributed by atoms with van der Waals surface area (Å²) in [5, 5.41) is 3.46. The Morgan fingerprint density at radius 1 is 0.783 bits per heavy atom. The number of rotatable bonds is 9. The van der Waals surface area contributed by atoms with Gasteiger partial charge in [0.05, 0.1) is 0 Å². The molecule has 23 heavy (non-hydrogen) atoms. The number of aliphatic imine (C=N–C) groups is 1. The lowest BCUT2D eigenvalue weighted by Gasteiger charge is -2.10. The molecule has 1 N–H and O–H groups in total. The summed E-state index contributed by atoms with van der Waals surface area (Å²) >= 11 is 0. The third-order valence-electron chi connectivity index (χ3n) is 3.87. The van der Waals surface area contributed by atoms with E-state index in [2.05, 4.69) is 48.6 Å². The second kappa shape index (κ2) is 10.6. The van der Waals surface area contributed by atoms with Crippen molar-refractivity contribution >= 4 is 11.5 Å². The van der Waals surface area contributed by atoms with Crippen molar-refractivity contribution in [3.8, 4) is 0 Å². The molecule has 2 rings (SSSR count). The zero-order valence-electron chi connectivity index (χ0n) is 14.2. The van der Waals surface area contributed by atoms with Crippen LogP contribution in [0.2, 0.25) is 0 Å². The summed E-state index contributed by atoms with van der Waals surface area (Å²) in [4.78, 5) is 4.81. The maximum atomic E-state index is 4.81. The number of amidine groups is 1. The fraction of sp³-hybridized carbons (Fsp3) is 0.381. The van der Waals surface area contributed by atoms with Crippen LogP contribution >= 0.6 is 0 Å². The maximum absolute atomic E-state index is 4.81. The molecule has 0 aromatic heterocycles. The Labute approximate surface area is 140 Å². The predicted molar refractivity (Wildman–Crippen MR) is 101 cm³/mol. The minimum absolute atomic E-state index is 0.885. The second-order valence-corrected chi connectivity index (χ2v) is 5.86. The normalized spacial score (nSPS) is 11.4. The van der Waals surface area contributed by atoms with Gasteiger partial charge in [-0.3, -0.25) is 4.99 Å². The first-order chi connectivity index (χ1) is 11.4. The van der Waals surface area contributed by atoms with Crippen molar-refractivity contribution < 1.29 is 0 Å². The van der Waals surface area contributed by atoms with Crippen LogP contribution in [0.15, 0.2) is 65.7 Å². The van der Waals surface area contributed by atoms with Crippen LogP contribution in [0.1, 0.15) is 51.0 Å². The zero-order valence-corrected chi connectivity index (χ0v) is 14.2. The Morgan fingerprint density at radius 2 is 1.39 bits per heavy atom. The van der Waals surface area contributed by atoms with Gasteiger partial charge in [-0.05, 0) is 18.6 Å². The fourth-order valence-corrected chi connectivity index (χ4v) is 2.54. The van der Waals surface area contributed by atoms with Crippen molar-refractivity contribution in [2.75, 3.05) is 11.9 Å². The zero-order chi connectivity index (χ0) is 16.2. The Morgan fingerprint density at radius 3 is 2.09 bits per heavy atom. The van der Waals surface area contributed by atoms with Gasteiger partial charge >= 0.3 is 0 Å². The lowest BCUT2D eigenvalue weighted by atomic mass is 10.1. The molecule has 122 valence electrons. The minimum atomic E-state index is 0.885.